The van der Waals surface area contributed by atoms with Crippen LogP contribution in [-0.2, 0) is 4.74 Å². The quantitative estimate of drug-likeness (QED) is 0.272. The molecule has 1 saturated carbocycles. The number of nitrogens with zero attached hydrogens (tertiary/aromatic N) is 6. The third-order valence-corrected chi connectivity index (χ3v) is 8.32. The molecule has 2 fully saturated rings. The monoisotopic (exact) mass is 577 g/mol. The number of ether oxygens (including phenoxy) is 1. The van der Waals surface area contributed by atoms with Crippen LogP contribution in [0.3, 0.4) is 0 Å². The van der Waals surface area contributed by atoms with Crippen molar-refractivity contribution in [1.82, 2.24) is 24.5 Å². The summed E-state index contributed by atoms with van der Waals surface area (Å²) in [6.07, 6.45) is 5.31. The number of anilines is 2. The number of amides is 1. The maximum atomic E-state index is 15.4. The lowest BCUT2D eigenvalue weighted by Crippen LogP contribution is -2.49. The van der Waals surface area contributed by atoms with Crippen molar-refractivity contribution in [2.45, 2.75) is 23.8 Å². The summed E-state index contributed by atoms with van der Waals surface area (Å²) in [6, 6.07) is 10.6. The number of pyridine rings is 1. The van der Waals surface area contributed by atoms with E-state index in [0.717, 1.165) is 17.7 Å². The number of fused-ring (bicyclic) bond motifs is 1. The van der Waals surface area contributed by atoms with Crippen LogP contribution in [0.2, 0.25) is 0 Å². The molecule has 2 N–H and O–H groups in total. The van der Waals surface area contributed by atoms with Crippen LogP contribution >= 0.6 is 11.8 Å². The van der Waals surface area contributed by atoms with E-state index in [1.807, 2.05) is 40.0 Å². The Labute approximate surface area is 238 Å². The number of carbonyl (C=O) groups excluding carboxylic acids is 2. The van der Waals surface area contributed by atoms with E-state index in [1.165, 1.54) is 24.1 Å². The fourth-order valence-electron chi connectivity index (χ4n) is 5.17. The summed E-state index contributed by atoms with van der Waals surface area (Å²) in [4.78, 5) is 43.0. The van der Waals surface area contributed by atoms with Gasteiger partial charge in [0.15, 0.2) is 11.5 Å². The molecule has 0 bridgehead atoms. The van der Waals surface area contributed by atoms with E-state index in [9.17, 15) is 14.4 Å². The average molecular weight is 578 g/mol. The number of nitrogen functional groups attached to an aromatic ring is 1. The molecule has 6 rings (SSSR count). The van der Waals surface area contributed by atoms with Crippen molar-refractivity contribution in [1.29, 1.82) is 0 Å². The molecule has 0 unspecified atom stereocenters. The number of nitrogens with two attached hydrogens (primary N) is 1. The smallest absolute Gasteiger partial charge is 0.343 e. The highest BCUT2D eigenvalue weighted by atomic mass is 32.2. The molecular formula is C28H28FN7O4S. The van der Waals surface area contributed by atoms with Crippen molar-refractivity contribution in [2.24, 2.45) is 0 Å². The third kappa shape index (κ3) is 4.79. The summed E-state index contributed by atoms with van der Waals surface area (Å²) >= 11 is 1.62. The number of methoxy groups -OCH3 is 1. The molecule has 1 aliphatic heterocycles. The minimum atomic E-state index is -0.745. The summed E-state index contributed by atoms with van der Waals surface area (Å²) in [7, 11) is 1.21. The highest BCUT2D eigenvalue weighted by Crippen LogP contribution is 2.38. The zero-order valence-electron chi connectivity index (χ0n) is 22.5. The van der Waals surface area contributed by atoms with Crippen LogP contribution in [0.1, 0.15) is 39.7 Å². The Morgan fingerprint density at radius 3 is 2.44 bits per heavy atom. The predicted octanol–water partition coefficient (Wildman–Crippen LogP) is 3.11. The molecule has 4 aromatic rings. The normalized spacial score (nSPS) is 15.4. The Morgan fingerprint density at radius 1 is 1.10 bits per heavy atom. The van der Waals surface area contributed by atoms with Gasteiger partial charge in [-0.1, -0.05) is 5.21 Å². The van der Waals surface area contributed by atoms with Crippen molar-refractivity contribution in [3.63, 3.8) is 0 Å². The van der Waals surface area contributed by atoms with Gasteiger partial charge in [0.2, 0.25) is 5.43 Å². The van der Waals surface area contributed by atoms with Crippen LogP contribution in [0.5, 0.6) is 0 Å². The van der Waals surface area contributed by atoms with Gasteiger partial charge in [-0.2, -0.15) is 4.68 Å². The number of esters is 1. The molecular weight excluding hydrogens is 549 g/mol. The molecule has 2 aromatic carbocycles. The number of hydrogen-bond donors (Lipinski definition) is 1. The molecule has 13 heteroatoms. The predicted molar refractivity (Wildman–Crippen MR) is 153 cm³/mol. The zero-order valence-corrected chi connectivity index (χ0v) is 23.4. The van der Waals surface area contributed by atoms with Crippen LogP contribution in [0.15, 0.2) is 52.3 Å². The first-order valence-corrected chi connectivity index (χ1v) is 14.4. The fraction of sp³-hybridized carbons (Fsp3) is 0.321. The molecule has 11 nitrogen and oxygen atoms in total. The van der Waals surface area contributed by atoms with E-state index in [1.54, 1.807) is 22.7 Å². The first-order valence-electron chi connectivity index (χ1n) is 13.2. The number of aromatic nitrogens is 4. The van der Waals surface area contributed by atoms with E-state index in [4.69, 9.17) is 10.5 Å². The van der Waals surface area contributed by atoms with Gasteiger partial charge in [-0.25, -0.2) is 9.18 Å². The van der Waals surface area contributed by atoms with E-state index in [0.29, 0.717) is 43.1 Å². The Bertz CT molecular complexity index is 1720. The number of halogens is 1. The maximum absolute atomic E-state index is 15.4. The lowest BCUT2D eigenvalue weighted by molar-refractivity contribution is 0.0598. The standard InChI is InChI=1S/C28H28FN7O4S/c1-40-28(39)20-15-35(16-3-4-16)22-14-23(21(29)13-19(22)25(20)37)33-9-11-34(12-10-33)27(38)24-26(30)36(32-31-24)17-5-7-18(41-2)8-6-17/h5-8,13-16H,3-4,9-12,30H2,1-2H3. The van der Waals surface area contributed by atoms with E-state index < -0.39 is 17.2 Å². The molecule has 1 amide bonds. The third-order valence-electron chi connectivity index (χ3n) is 7.58. The first kappa shape index (κ1) is 26.8. The van der Waals surface area contributed by atoms with E-state index in [2.05, 4.69) is 10.3 Å². The molecule has 0 atom stereocenters. The van der Waals surface area contributed by atoms with Gasteiger partial charge in [0, 0.05) is 48.7 Å². The molecule has 2 aliphatic rings. The second-order valence-corrected chi connectivity index (χ2v) is 10.9. The highest BCUT2D eigenvalue weighted by Gasteiger charge is 2.30. The van der Waals surface area contributed by atoms with Gasteiger partial charge in [-0.05, 0) is 55.5 Å². The summed E-state index contributed by atoms with van der Waals surface area (Å²) in [6.45, 7) is 1.38. The van der Waals surface area contributed by atoms with Crippen LogP contribution in [0.4, 0.5) is 15.9 Å². The molecule has 1 aliphatic carbocycles. The Kier molecular flexibility index (Phi) is 6.89. The van der Waals surface area contributed by atoms with Gasteiger partial charge >= 0.3 is 5.97 Å². The minimum Gasteiger partial charge on any atom is -0.465 e. The summed E-state index contributed by atoms with van der Waals surface area (Å²) < 4.78 is 23.5. The number of carbonyl (C=O) groups is 2. The number of hydrogen-bond acceptors (Lipinski definition) is 9. The van der Waals surface area contributed by atoms with Crippen LogP contribution in [-0.4, -0.2) is 75.9 Å². The lowest BCUT2D eigenvalue weighted by atomic mass is 10.1. The largest absolute Gasteiger partial charge is 0.465 e. The van der Waals surface area contributed by atoms with E-state index >= 15 is 4.39 Å². The summed E-state index contributed by atoms with van der Waals surface area (Å²) in [5.41, 5.74) is 7.27. The van der Waals surface area contributed by atoms with Gasteiger partial charge in [0.1, 0.15) is 11.4 Å². The molecule has 212 valence electrons. The van der Waals surface area contributed by atoms with Gasteiger partial charge in [0.25, 0.3) is 5.91 Å². The molecule has 41 heavy (non-hydrogen) atoms. The summed E-state index contributed by atoms with van der Waals surface area (Å²) in [5, 5.41) is 8.28. The van der Waals surface area contributed by atoms with Gasteiger partial charge in [0.05, 0.1) is 24.0 Å². The van der Waals surface area contributed by atoms with Crippen molar-refractivity contribution < 1.29 is 18.7 Å². The van der Waals surface area contributed by atoms with Crippen molar-refractivity contribution >= 4 is 46.0 Å². The number of thioether (sulfide) groups is 1. The summed E-state index contributed by atoms with van der Waals surface area (Å²) in [5.74, 6) is -1.51. The lowest BCUT2D eigenvalue weighted by Gasteiger charge is -2.36. The minimum absolute atomic E-state index is 0.0686. The zero-order chi connectivity index (χ0) is 28.8. The molecule has 0 spiro atoms. The maximum Gasteiger partial charge on any atom is 0.343 e. The SMILES string of the molecule is COC(=O)c1cn(C2CC2)c2cc(N3CCN(C(=O)c4nnn(-c5ccc(SC)cc5)c4N)CC3)c(F)cc2c1=O. The second-order valence-electron chi connectivity index (χ2n) is 10.0. The number of benzene rings is 2. The van der Waals surface area contributed by atoms with E-state index in [-0.39, 0.29) is 34.4 Å². The highest BCUT2D eigenvalue weighted by molar-refractivity contribution is 7.98. The Morgan fingerprint density at radius 2 is 1.80 bits per heavy atom. The topological polar surface area (TPSA) is 129 Å². The fourth-order valence-corrected chi connectivity index (χ4v) is 5.58. The van der Waals surface area contributed by atoms with Gasteiger partial charge < -0.3 is 24.8 Å². The van der Waals surface area contributed by atoms with Gasteiger partial charge in [-0.3, -0.25) is 9.59 Å². The van der Waals surface area contributed by atoms with Crippen molar-refractivity contribution in [3.05, 3.63) is 69.9 Å². The van der Waals surface area contributed by atoms with Crippen LogP contribution in [0.25, 0.3) is 16.6 Å². The van der Waals surface area contributed by atoms with Crippen molar-refractivity contribution in [3.8, 4) is 5.69 Å². The van der Waals surface area contributed by atoms with Gasteiger partial charge in [-0.15, -0.1) is 16.9 Å². The Balaban J connectivity index is 1.22. The molecule has 3 heterocycles. The average Bonchev–Trinajstić information content (AvgIpc) is 3.77. The Hall–Kier alpha value is -4.39. The first-order chi connectivity index (χ1) is 19.8. The number of rotatable bonds is 6. The molecule has 0 radical (unpaired) electrons. The number of piperazine rings is 1. The van der Waals surface area contributed by atoms with Crippen LogP contribution < -0.4 is 16.1 Å². The van der Waals surface area contributed by atoms with Crippen molar-refractivity contribution in [2.75, 3.05) is 50.2 Å². The molecule has 2 aromatic heterocycles. The second kappa shape index (κ2) is 10.5. The van der Waals surface area contributed by atoms with Crippen LogP contribution in [0, 0.1) is 5.82 Å². The molecule has 1 saturated heterocycles.